The summed E-state index contributed by atoms with van der Waals surface area (Å²) < 4.78 is 18.1. The molecule has 1 aliphatic heterocycles. The molecule has 1 fully saturated rings. The van der Waals surface area contributed by atoms with Crippen LogP contribution in [0.1, 0.15) is 58.4 Å². The molecule has 4 rings (SSSR count). The highest BCUT2D eigenvalue weighted by Crippen LogP contribution is 2.50. The van der Waals surface area contributed by atoms with Gasteiger partial charge in [0.1, 0.15) is 17.7 Å². The van der Waals surface area contributed by atoms with Crippen LogP contribution in [0.4, 0.5) is 0 Å². The smallest absolute Gasteiger partial charge is 0.255 e. The number of nitrogens with one attached hydrogen (secondary N) is 2. The van der Waals surface area contributed by atoms with E-state index in [1.54, 1.807) is 0 Å². The average molecular weight is 518 g/mol. The molecule has 9 heteroatoms. The van der Waals surface area contributed by atoms with Crippen LogP contribution in [-0.2, 0) is 6.54 Å². The number of carbonyl (C=O) groups is 1. The van der Waals surface area contributed by atoms with Crippen molar-refractivity contribution in [3.63, 3.8) is 0 Å². The van der Waals surface area contributed by atoms with E-state index in [2.05, 4.69) is 29.3 Å². The third-order valence-electron chi connectivity index (χ3n) is 7.56. The first-order chi connectivity index (χ1) is 17.1. The van der Waals surface area contributed by atoms with Crippen molar-refractivity contribution in [3.8, 4) is 17.2 Å². The Balaban J connectivity index is 1.58. The molecule has 0 radical (unpaired) electrons. The lowest BCUT2D eigenvalue weighted by Gasteiger charge is -2.38. The Hall–Kier alpha value is -2.71. The number of amides is 1. The lowest BCUT2D eigenvalue weighted by Crippen LogP contribution is -2.41. The maximum absolute atomic E-state index is 13.4. The first kappa shape index (κ1) is 26.4. The number of carbonyl (C=O) groups excluding carboxylic acids is 1. The van der Waals surface area contributed by atoms with Gasteiger partial charge in [0.05, 0.1) is 12.7 Å². The SMILES string of the molecule is COc1c(Cl)c2c(c(C)c1C(=O)NCc1c(C)cc(C)[nH]c1=O)O[C@@H](C1CCC(N(C)C)CC1)CO2. The molecule has 2 N–H and O–H groups in total. The zero-order chi connectivity index (χ0) is 26.1. The van der Waals surface area contributed by atoms with E-state index >= 15 is 0 Å². The molecule has 1 saturated carbocycles. The molecule has 0 spiro atoms. The first-order valence-corrected chi connectivity index (χ1v) is 12.8. The number of methoxy groups -OCH3 is 1. The van der Waals surface area contributed by atoms with Gasteiger partial charge in [-0.1, -0.05) is 11.6 Å². The van der Waals surface area contributed by atoms with Crippen molar-refractivity contribution in [1.29, 1.82) is 0 Å². The Morgan fingerprint density at radius 3 is 2.50 bits per heavy atom. The minimum absolute atomic E-state index is 0.0761. The van der Waals surface area contributed by atoms with Crippen LogP contribution in [0.25, 0.3) is 0 Å². The van der Waals surface area contributed by atoms with Gasteiger partial charge in [-0.25, -0.2) is 0 Å². The molecular weight excluding hydrogens is 482 g/mol. The summed E-state index contributed by atoms with van der Waals surface area (Å²) >= 11 is 6.65. The standard InChI is InChI=1S/C27H36ClN3O5/c1-14-11-15(2)30-26(32)19(14)12-29-27(33)21-16(3)23-25(22(28)24(21)34-6)35-13-20(36-23)17-7-9-18(10-8-17)31(4)5/h11,17-18,20H,7-10,12-13H2,1-6H3,(H,29,33)(H,30,32)/t17?,18?,20-/m1/s1. The number of nitrogens with zero attached hydrogens (tertiary/aromatic N) is 1. The van der Waals surface area contributed by atoms with Gasteiger partial charge in [0.2, 0.25) is 0 Å². The van der Waals surface area contributed by atoms with Crippen LogP contribution in [0.2, 0.25) is 5.02 Å². The molecule has 0 saturated heterocycles. The second kappa shape index (κ2) is 10.7. The summed E-state index contributed by atoms with van der Waals surface area (Å²) in [6.45, 7) is 5.97. The summed E-state index contributed by atoms with van der Waals surface area (Å²) in [6, 6.07) is 2.47. The predicted molar refractivity (Wildman–Crippen MR) is 140 cm³/mol. The molecular formula is C27H36ClN3O5. The third kappa shape index (κ3) is 5.06. The van der Waals surface area contributed by atoms with E-state index in [1.807, 2.05) is 26.8 Å². The highest BCUT2D eigenvalue weighted by molar-refractivity contribution is 6.34. The number of aromatic amines is 1. The Bertz CT molecular complexity index is 1200. The number of H-pyrrole nitrogens is 1. The molecule has 196 valence electrons. The Morgan fingerprint density at radius 1 is 1.19 bits per heavy atom. The molecule has 2 aromatic rings. The lowest BCUT2D eigenvalue weighted by atomic mass is 9.82. The Kier molecular flexibility index (Phi) is 7.85. The van der Waals surface area contributed by atoms with Gasteiger partial charge in [0.15, 0.2) is 17.2 Å². The van der Waals surface area contributed by atoms with Crippen LogP contribution in [0.15, 0.2) is 10.9 Å². The van der Waals surface area contributed by atoms with Gasteiger partial charge in [0, 0.05) is 29.4 Å². The quantitative estimate of drug-likeness (QED) is 0.598. The molecule has 0 bridgehead atoms. The van der Waals surface area contributed by atoms with Crippen LogP contribution < -0.4 is 25.1 Å². The Labute approximate surface area is 217 Å². The lowest BCUT2D eigenvalue weighted by molar-refractivity contribution is 0.0237. The first-order valence-electron chi connectivity index (χ1n) is 12.5. The summed E-state index contributed by atoms with van der Waals surface area (Å²) in [5.74, 6) is 1.11. The topological polar surface area (TPSA) is 92.9 Å². The van der Waals surface area contributed by atoms with Crippen LogP contribution in [-0.4, -0.2) is 55.7 Å². The van der Waals surface area contributed by atoms with Gasteiger partial charge in [-0.15, -0.1) is 0 Å². The monoisotopic (exact) mass is 517 g/mol. The van der Waals surface area contributed by atoms with Gasteiger partial charge in [-0.3, -0.25) is 9.59 Å². The molecule has 2 aliphatic rings. The zero-order valence-electron chi connectivity index (χ0n) is 21.9. The van der Waals surface area contributed by atoms with E-state index in [1.165, 1.54) is 7.11 Å². The molecule has 1 amide bonds. The van der Waals surface area contributed by atoms with Crippen LogP contribution in [0.3, 0.4) is 0 Å². The van der Waals surface area contributed by atoms with E-state index in [4.69, 9.17) is 25.8 Å². The fraction of sp³-hybridized carbons (Fsp3) is 0.556. The van der Waals surface area contributed by atoms with Crippen LogP contribution in [0.5, 0.6) is 17.2 Å². The molecule has 1 aromatic carbocycles. The molecule has 0 unspecified atom stereocenters. The third-order valence-corrected chi connectivity index (χ3v) is 7.90. The number of ether oxygens (including phenoxy) is 3. The van der Waals surface area contributed by atoms with E-state index in [-0.39, 0.29) is 34.5 Å². The number of aryl methyl sites for hydroxylation is 2. The molecule has 1 atom stereocenters. The van der Waals surface area contributed by atoms with Crippen LogP contribution in [0, 0.1) is 26.7 Å². The minimum Gasteiger partial charge on any atom is -0.494 e. The largest absolute Gasteiger partial charge is 0.494 e. The molecule has 8 nitrogen and oxygen atoms in total. The van der Waals surface area contributed by atoms with E-state index in [0.717, 1.165) is 36.9 Å². The number of rotatable bonds is 6. The van der Waals surface area contributed by atoms with E-state index < -0.39 is 5.91 Å². The number of hydrogen-bond acceptors (Lipinski definition) is 6. The number of pyridine rings is 1. The maximum Gasteiger partial charge on any atom is 0.255 e. The number of aromatic nitrogens is 1. The highest BCUT2D eigenvalue weighted by atomic mass is 35.5. The van der Waals surface area contributed by atoms with Crippen molar-refractivity contribution in [2.24, 2.45) is 5.92 Å². The molecule has 1 aliphatic carbocycles. The van der Waals surface area contributed by atoms with Crippen molar-refractivity contribution in [2.75, 3.05) is 27.8 Å². The van der Waals surface area contributed by atoms with E-state index in [0.29, 0.717) is 41.2 Å². The highest BCUT2D eigenvalue weighted by Gasteiger charge is 2.37. The van der Waals surface area contributed by atoms with Gasteiger partial charge >= 0.3 is 0 Å². The fourth-order valence-corrected chi connectivity index (χ4v) is 5.75. The zero-order valence-corrected chi connectivity index (χ0v) is 22.7. The summed E-state index contributed by atoms with van der Waals surface area (Å²) in [7, 11) is 5.72. The van der Waals surface area contributed by atoms with E-state index in [9.17, 15) is 9.59 Å². The second-order valence-electron chi connectivity index (χ2n) is 10.1. The number of hydrogen-bond donors (Lipinski definition) is 2. The predicted octanol–water partition coefficient (Wildman–Crippen LogP) is 4.15. The van der Waals surface area contributed by atoms with Crippen molar-refractivity contribution in [2.45, 2.75) is 65.1 Å². The van der Waals surface area contributed by atoms with Crippen molar-refractivity contribution < 1.29 is 19.0 Å². The Morgan fingerprint density at radius 2 is 1.89 bits per heavy atom. The van der Waals surface area contributed by atoms with Gasteiger partial charge in [0.25, 0.3) is 11.5 Å². The summed E-state index contributed by atoms with van der Waals surface area (Å²) in [5, 5.41) is 3.07. The van der Waals surface area contributed by atoms with Crippen LogP contribution >= 0.6 is 11.6 Å². The van der Waals surface area contributed by atoms with Crippen molar-refractivity contribution >= 4 is 17.5 Å². The number of fused-ring (bicyclic) bond motifs is 1. The number of halogens is 1. The maximum atomic E-state index is 13.4. The average Bonchev–Trinajstić information content (AvgIpc) is 2.84. The van der Waals surface area contributed by atoms with Crippen molar-refractivity contribution in [1.82, 2.24) is 15.2 Å². The summed E-state index contributed by atoms with van der Waals surface area (Å²) in [6.07, 6.45) is 4.27. The number of benzene rings is 1. The normalized spacial score (nSPS) is 21.4. The van der Waals surface area contributed by atoms with Gasteiger partial charge < -0.3 is 29.4 Å². The fourth-order valence-electron chi connectivity index (χ4n) is 5.43. The summed E-state index contributed by atoms with van der Waals surface area (Å²) in [5.41, 5.74) is 2.75. The summed E-state index contributed by atoms with van der Waals surface area (Å²) in [4.78, 5) is 30.8. The second-order valence-corrected chi connectivity index (χ2v) is 10.5. The molecule has 1 aromatic heterocycles. The van der Waals surface area contributed by atoms with Crippen molar-refractivity contribution in [3.05, 3.63) is 49.4 Å². The minimum atomic E-state index is -0.398. The molecule has 36 heavy (non-hydrogen) atoms. The van der Waals surface area contributed by atoms with Gasteiger partial charge in [-0.2, -0.15) is 0 Å². The van der Waals surface area contributed by atoms with Gasteiger partial charge in [-0.05, 0) is 78.1 Å². The molecule has 2 heterocycles.